The van der Waals surface area contributed by atoms with Crippen LogP contribution in [0.4, 0.5) is 13.2 Å². The van der Waals surface area contributed by atoms with Crippen molar-refractivity contribution in [3.05, 3.63) is 32.8 Å². The molecule has 0 aliphatic rings. The Morgan fingerprint density at radius 2 is 1.93 bits per heavy atom. The van der Waals surface area contributed by atoms with Crippen LogP contribution in [0.1, 0.15) is 11.1 Å². The van der Waals surface area contributed by atoms with E-state index in [0.29, 0.717) is 0 Å². The first-order valence-corrected chi connectivity index (χ1v) is 4.70. The molecule has 0 fully saturated rings. The van der Waals surface area contributed by atoms with Crippen molar-refractivity contribution in [3.8, 4) is 0 Å². The van der Waals surface area contributed by atoms with Crippen LogP contribution < -0.4 is 0 Å². The molecule has 0 saturated carbocycles. The van der Waals surface area contributed by atoms with Crippen LogP contribution >= 0.6 is 27.5 Å². The van der Waals surface area contributed by atoms with Crippen molar-refractivity contribution in [2.75, 3.05) is 0 Å². The molecule has 0 heterocycles. The maximum absolute atomic E-state index is 12.4. The van der Waals surface area contributed by atoms with Gasteiger partial charge in [0.15, 0.2) is 0 Å². The topological polar surface area (TPSA) is 20.2 Å². The number of benzene rings is 1. The van der Waals surface area contributed by atoms with Crippen LogP contribution in [-0.4, -0.2) is 5.11 Å². The second-order valence-corrected chi connectivity index (χ2v) is 3.78. The van der Waals surface area contributed by atoms with E-state index in [1.165, 1.54) is 12.1 Å². The third kappa shape index (κ3) is 2.21. The van der Waals surface area contributed by atoms with Gasteiger partial charge in [-0.2, -0.15) is 13.2 Å². The zero-order valence-electron chi connectivity index (χ0n) is 6.70. The fraction of sp³-hybridized carbons (Fsp3) is 0.250. The number of hydrogen-bond acceptors (Lipinski definition) is 1. The Bertz CT molecular complexity index is 351. The van der Waals surface area contributed by atoms with Crippen LogP contribution in [0.25, 0.3) is 0 Å². The highest BCUT2D eigenvalue weighted by atomic mass is 79.9. The van der Waals surface area contributed by atoms with Crippen molar-refractivity contribution < 1.29 is 18.3 Å². The molecule has 14 heavy (non-hydrogen) atoms. The number of hydrogen-bond donors (Lipinski definition) is 1. The maximum Gasteiger partial charge on any atom is 0.418 e. The minimum atomic E-state index is -4.53. The van der Waals surface area contributed by atoms with Gasteiger partial charge in [0.1, 0.15) is 0 Å². The number of alkyl halides is 3. The summed E-state index contributed by atoms with van der Waals surface area (Å²) in [4.78, 5) is 0. The molecule has 6 heteroatoms. The zero-order chi connectivity index (χ0) is 10.9. The van der Waals surface area contributed by atoms with Gasteiger partial charge in [-0.25, -0.2) is 0 Å². The standard InChI is InChI=1S/C8H5BrClF3O/c9-5-2-1-4(3-14)7(10)6(5)8(11,12)13/h1-2,14H,3H2. The summed E-state index contributed by atoms with van der Waals surface area (Å²) in [5.74, 6) is 0. The number of halogens is 5. The second-order valence-electron chi connectivity index (χ2n) is 2.55. The number of aliphatic hydroxyl groups excluding tert-OH is 1. The Morgan fingerprint density at radius 3 is 2.36 bits per heavy atom. The van der Waals surface area contributed by atoms with Gasteiger partial charge in [0, 0.05) is 4.47 Å². The van der Waals surface area contributed by atoms with E-state index in [-0.39, 0.29) is 10.0 Å². The third-order valence-corrected chi connectivity index (χ3v) is 2.72. The van der Waals surface area contributed by atoms with E-state index in [4.69, 9.17) is 16.7 Å². The molecule has 0 saturated heterocycles. The molecule has 0 unspecified atom stereocenters. The molecule has 1 aromatic rings. The highest BCUT2D eigenvalue weighted by molar-refractivity contribution is 9.10. The maximum atomic E-state index is 12.4. The van der Waals surface area contributed by atoms with Crippen LogP contribution in [0, 0.1) is 0 Å². The molecule has 0 aliphatic heterocycles. The molecule has 78 valence electrons. The van der Waals surface area contributed by atoms with Crippen molar-refractivity contribution in [1.82, 2.24) is 0 Å². The lowest BCUT2D eigenvalue weighted by molar-refractivity contribution is -0.138. The van der Waals surface area contributed by atoms with Crippen LogP contribution in [-0.2, 0) is 12.8 Å². The summed E-state index contributed by atoms with van der Waals surface area (Å²) in [6.07, 6.45) is -4.53. The first-order chi connectivity index (χ1) is 6.38. The molecule has 1 nitrogen and oxygen atoms in total. The summed E-state index contributed by atoms with van der Waals surface area (Å²) < 4.78 is 37.2. The Balaban J connectivity index is 3.40. The van der Waals surface area contributed by atoms with E-state index >= 15 is 0 Å². The van der Waals surface area contributed by atoms with E-state index < -0.39 is 23.4 Å². The van der Waals surface area contributed by atoms with Crippen LogP contribution in [0.15, 0.2) is 16.6 Å². The van der Waals surface area contributed by atoms with Gasteiger partial charge in [0.05, 0.1) is 17.2 Å². The summed E-state index contributed by atoms with van der Waals surface area (Å²) in [5.41, 5.74) is -0.895. The molecule has 0 spiro atoms. The minimum absolute atomic E-state index is 0.0576. The third-order valence-electron chi connectivity index (χ3n) is 1.62. The molecule has 1 N–H and O–H groups in total. The van der Waals surface area contributed by atoms with Crippen LogP contribution in [0.5, 0.6) is 0 Å². The Hall–Kier alpha value is -0.260. The van der Waals surface area contributed by atoms with E-state index in [1.54, 1.807) is 0 Å². The predicted molar refractivity (Wildman–Crippen MR) is 50.1 cm³/mol. The summed E-state index contributed by atoms with van der Waals surface area (Å²) >= 11 is 8.25. The molecule has 0 amide bonds. The van der Waals surface area contributed by atoms with E-state index in [0.717, 1.165) is 0 Å². The van der Waals surface area contributed by atoms with Gasteiger partial charge in [0.25, 0.3) is 0 Å². The molecule has 1 aromatic carbocycles. The minimum Gasteiger partial charge on any atom is -0.392 e. The van der Waals surface area contributed by atoms with Crippen molar-refractivity contribution in [1.29, 1.82) is 0 Å². The molecule has 0 atom stereocenters. The van der Waals surface area contributed by atoms with Gasteiger partial charge in [-0.3, -0.25) is 0 Å². The second kappa shape index (κ2) is 4.08. The van der Waals surface area contributed by atoms with E-state index in [2.05, 4.69) is 15.9 Å². The van der Waals surface area contributed by atoms with Crippen molar-refractivity contribution in [2.45, 2.75) is 12.8 Å². The molecule has 0 bridgehead atoms. The lowest BCUT2D eigenvalue weighted by Crippen LogP contribution is -2.08. The first kappa shape index (κ1) is 11.8. The zero-order valence-corrected chi connectivity index (χ0v) is 9.04. The van der Waals surface area contributed by atoms with Crippen LogP contribution in [0.3, 0.4) is 0 Å². The largest absolute Gasteiger partial charge is 0.418 e. The molecule has 0 radical (unpaired) electrons. The molecular formula is C8H5BrClF3O. The summed E-state index contributed by atoms with van der Waals surface area (Å²) in [5, 5.41) is 8.27. The quantitative estimate of drug-likeness (QED) is 0.837. The highest BCUT2D eigenvalue weighted by Crippen LogP contribution is 2.41. The highest BCUT2D eigenvalue weighted by Gasteiger charge is 2.36. The lowest BCUT2D eigenvalue weighted by atomic mass is 10.1. The summed E-state index contributed by atoms with van der Waals surface area (Å²) in [7, 11) is 0. The Kier molecular flexibility index (Phi) is 3.44. The lowest BCUT2D eigenvalue weighted by Gasteiger charge is -2.13. The van der Waals surface area contributed by atoms with Gasteiger partial charge >= 0.3 is 6.18 Å². The Labute approximate surface area is 91.6 Å². The first-order valence-electron chi connectivity index (χ1n) is 3.53. The summed E-state index contributed by atoms with van der Waals surface area (Å²) in [6.45, 7) is -0.519. The van der Waals surface area contributed by atoms with E-state index in [1.807, 2.05) is 0 Å². The van der Waals surface area contributed by atoms with Crippen molar-refractivity contribution in [2.24, 2.45) is 0 Å². The van der Waals surface area contributed by atoms with Gasteiger partial charge in [-0.1, -0.05) is 33.6 Å². The fourth-order valence-electron chi connectivity index (χ4n) is 0.978. The number of rotatable bonds is 1. The summed E-state index contributed by atoms with van der Waals surface area (Å²) in [6, 6.07) is 2.54. The molecule has 1 rings (SSSR count). The average molecular weight is 289 g/mol. The monoisotopic (exact) mass is 288 g/mol. The van der Waals surface area contributed by atoms with Crippen molar-refractivity contribution in [3.63, 3.8) is 0 Å². The average Bonchev–Trinajstić information content (AvgIpc) is 2.02. The molecular weight excluding hydrogens is 284 g/mol. The van der Waals surface area contributed by atoms with E-state index in [9.17, 15) is 13.2 Å². The van der Waals surface area contributed by atoms with Gasteiger partial charge in [-0.05, 0) is 11.6 Å². The smallest absolute Gasteiger partial charge is 0.392 e. The van der Waals surface area contributed by atoms with Gasteiger partial charge < -0.3 is 5.11 Å². The van der Waals surface area contributed by atoms with Crippen molar-refractivity contribution >= 4 is 27.5 Å². The molecule has 0 aliphatic carbocycles. The SMILES string of the molecule is OCc1ccc(Br)c(C(F)(F)F)c1Cl. The normalized spacial score (nSPS) is 11.9. The number of aliphatic hydroxyl groups is 1. The fourth-order valence-corrected chi connectivity index (χ4v) is 1.98. The van der Waals surface area contributed by atoms with Gasteiger partial charge in [-0.15, -0.1) is 0 Å². The molecule has 0 aromatic heterocycles. The predicted octanol–water partition coefficient (Wildman–Crippen LogP) is 3.61. The van der Waals surface area contributed by atoms with Gasteiger partial charge in [0.2, 0.25) is 0 Å². The van der Waals surface area contributed by atoms with Crippen LogP contribution in [0.2, 0.25) is 5.02 Å². The Morgan fingerprint density at radius 1 is 1.36 bits per heavy atom.